The highest BCUT2D eigenvalue weighted by molar-refractivity contribution is 5.98. The Labute approximate surface area is 128 Å². The number of hydrogen-bond acceptors (Lipinski definition) is 4. The number of imide groups is 1. The SMILES string of the molecule is COc1cccc(N[C@H](C(=O)NC(N)=O)c2ccccc2)c1. The molecule has 2 aromatic carbocycles. The Balaban J connectivity index is 2.28. The lowest BCUT2D eigenvalue weighted by molar-refractivity contribution is -0.120. The second-order valence-corrected chi connectivity index (χ2v) is 4.57. The number of nitrogens with one attached hydrogen (secondary N) is 2. The minimum atomic E-state index is -0.890. The molecule has 0 heterocycles. The monoisotopic (exact) mass is 299 g/mol. The van der Waals surface area contributed by atoms with Crippen molar-refractivity contribution in [2.45, 2.75) is 6.04 Å². The molecule has 1 atom stereocenters. The Kier molecular flexibility index (Phi) is 4.98. The van der Waals surface area contributed by atoms with Gasteiger partial charge in [0.1, 0.15) is 11.8 Å². The number of carbonyl (C=O) groups is 2. The van der Waals surface area contributed by atoms with Crippen molar-refractivity contribution in [2.24, 2.45) is 5.73 Å². The predicted molar refractivity (Wildman–Crippen MR) is 83.5 cm³/mol. The first kappa shape index (κ1) is 15.4. The highest BCUT2D eigenvalue weighted by atomic mass is 16.5. The molecule has 0 radical (unpaired) electrons. The summed E-state index contributed by atoms with van der Waals surface area (Å²) < 4.78 is 5.15. The number of primary amides is 1. The molecule has 0 saturated carbocycles. The minimum absolute atomic E-state index is 0.526. The molecule has 114 valence electrons. The summed E-state index contributed by atoms with van der Waals surface area (Å²) in [4.78, 5) is 23.1. The molecule has 0 bridgehead atoms. The van der Waals surface area contributed by atoms with Crippen LogP contribution in [0.25, 0.3) is 0 Å². The molecule has 4 N–H and O–H groups in total. The number of urea groups is 1. The molecule has 0 aliphatic carbocycles. The van der Waals surface area contributed by atoms with Crippen LogP contribution in [-0.4, -0.2) is 19.0 Å². The van der Waals surface area contributed by atoms with E-state index < -0.39 is 18.0 Å². The molecule has 0 spiro atoms. The van der Waals surface area contributed by atoms with E-state index in [-0.39, 0.29) is 0 Å². The lowest BCUT2D eigenvalue weighted by Gasteiger charge is -2.19. The third-order valence-electron chi connectivity index (χ3n) is 3.02. The first-order valence-electron chi connectivity index (χ1n) is 6.66. The van der Waals surface area contributed by atoms with Gasteiger partial charge in [-0.05, 0) is 17.7 Å². The van der Waals surface area contributed by atoms with Gasteiger partial charge in [0, 0.05) is 11.8 Å². The van der Waals surface area contributed by atoms with Crippen molar-refractivity contribution in [1.29, 1.82) is 0 Å². The normalized spacial score (nSPS) is 11.3. The number of hydrogen-bond donors (Lipinski definition) is 3. The number of ether oxygens (including phenoxy) is 1. The summed E-state index contributed by atoms with van der Waals surface area (Å²) in [5.41, 5.74) is 6.43. The lowest BCUT2D eigenvalue weighted by Crippen LogP contribution is -2.40. The van der Waals surface area contributed by atoms with Crippen LogP contribution in [0, 0.1) is 0 Å². The maximum Gasteiger partial charge on any atom is 0.318 e. The maximum absolute atomic E-state index is 12.2. The van der Waals surface area contributed by atoms with Crippen LogP contribution in [0.3, 0.4) is 0 Å². The second-order valence-electron chi connectivity index (χ2n) is 4.57. The van der Waals surface area contributed by atoms with E-state index in [0.29, 0.717) is 17.0 Å². The van der Waals surface area contributed by atoms with Crippen molar-refractivity contribution in [3.05, 3.63) is 60.2 Å². The van der Waals surface area contributed by atoms with E-state index in [1.54, 1.807) is 43.5 Å². The minimum Gasteiger partial charge on any atom is -0.497 e. The van der Waals surface area contributed by atoms with Crippen molar-refractivity contribution in [1.82, 2.24) is 5.32 Å². The summed E-state index contributed by atoms with van der Waals surface area (Å²) in [7, 11) is 1.56. The zero-order valence-corrected chi connectivity index (χ0v) is 12.1. The molecule has 0 unspecified atom stereocenters. The van der Waals surface area contributed by atoms with Gasteiger partial charge in [-0.25, -0.2) is 4.79 Å². The van der Waals surface area contributed by atoms with Gasteiger partial charge in [-0.2, -0.15) is 0 Å². The van der Waals surface area contributed by atoms with E-state index >= 15 is 0 Å². The van der Waals surface area contributed by atoms with Crippen molar-refractivity contribution >= 4 is 17.6 Å². The third-order valence-corrected chi connectivity index (χ3v) is 3.02. The van der Waals surface area contributed by atoms with Crippen molar-refractivity contribution in [2.75, 3.05) is 12.4 Å². The number of anilines is 1. The number of carbonyl (C=O) groups excluding carboxylic acids is 2. The van der Waals surface area contributed by atoms with E-state index in [1.807, 2.05) is 18.2 Å². The predicted octanol–water partition coefficient (Wildman–Crippen LogP) is 2.04. The van der Waals surface area contributed by atoms with Gasteiger partial charge in [0.15, 0.2) is 0 Å². The van der Waals surface area contributed by atoms with Gasteiger partial charge < -0.3 is 15.8 Å². The molecule has 0 fully saturated rings. The summed E-state index contributed by atoms with van der Waals surface area (Å²) in [6.45, 7) is 0. The fourth-order valence-electron chi connectivity index (χ4n) is 2.02. The molecule has 0 aliphatic rings. The van der Waals surface area contributed by atoms with Crippen LogP contribution in [0.4, 0.5) is 10.5 Å². The van der Waals surface area contributed by atoms with Crippen LogP contribution < -0.4 is 21.1 Å². The number of rotatable bonds is 5. The summed E-state index contributed by atoms with van der Waals surface area (Å²) in [6, 6.07) is 14.6. The van der Waals surface area contributed by atoms with Gasteiger partial charge in [-0.1, -0.05) is 36.4 Å². The average Bonchev–Trinajstić information content (AvgIpc) is 2.53. The van der Waals surface area contributed by atoms with Crippen LogP contribution in [0.1, 0.15) is 11.6 Å². The molecule has 0 aromatic heterocycles. The van der Waals surface area contributed by atoms with E-state index in [2.05, 4.69) is 10.6 Å². The van der Waals surface area contributed by atoms with E-state index in [1.165, 1.54) is 0 Å². The highest BCUT2D eigenvalue weighted by Crippen LogP contribution is 2.23. The fourth-order valence-corrected chi connectivity index (χ4v) is 2.02. The topological polar surface area (TPSA) is 93.4 Å². The number of benzene rings is 2. The summed E-state index contributed by atoms with van der Waals surface area (Å²) >= 11 is 0. The van der Waals surface area contributed by atoms with E-state index in [0.717, 1.165) is 0 Å². The van der Waals surface area contributed by atoms with Crippen LogP contribution in [0.2, 0.25) is 0 Å². The number of methoxy groups -OCH3 is 1. The largest absolute Gasteiger partial charge is 0.497 e. The van der Waals surface area contributed by atoms with Gasteiger partial charge >= 0.3 is 6.03 Å². The van der Waals surface area contributed by atoms with E-state index in [9.17, 15) is 9.59 Å². The highest BCUT2D eigenvalue weighted by Gasteiger charge is 2.21. The molecule has 3 amide bonds. The average molecular weight is 299 g/mol. The zero-order chi connectivity index (χ0) is 15.9. The standard InChI is InChI=1S/C16H17N3O3/c1-22-13-9-5-8-12(10-13)18-14(15(20)19-16(17)21)11-6-3-2-4-7-11/h2-10,14,18H,1H3,(H3,17,19,20,21)/t14-/m0/s1. The quantitative estimate of drug-likeness (QED) is 0.787. The summed E-state index contributed by atoms with van der Waals surface area (Å²) in [5.74, 6) is 0.133. The van der Waals surface area contributed by atoms with Gasteiger partial charge in [0.25, 0.3) is 5.91 Å². The number of amides is 3. The molecule has 6 nitrogen and oxygen atoms in total. The van der Waals surface area contributed by atoms with Crippen LogP contribution in [-0.2, 0) is 4.79 Å². The molecule has 2 aromatic rings. The van der Waals surface area contributed by atoms with Crippen molar-refractivity contribution in [3.63, 3.8) is 0 Å². The Morgan fingerprint density at radius 2 is 1.82 bits per heavy atom. The molecular weight excluding hydrogens is 282 g/mol. The molecule has 6 heteroatoms. The molecule has 22 heavy (non-hydrogen) atoms. The Bertz CT molecular complexity index is 659. The van der Waals surface area contributed by atoms with Crippen LogP contribution in [0.5, 0.6) is 5.75 Å². The second kappa shape index (κ2) is 7.12. The first-order chi connectivity index (χ1) is 10.6. The van der Waals surface area contributed by atoms with Crippen LogP contribution in [0.15, 0.2) is 54.6 Å². The maximum atomic E-state index is 12.2. The Hall–Kier alpha value is -3.02. The van der Waals surface area contributed by atoms with Gasteiger partial charge in [-0.15, -0.1) is 0 Å². The Morgan fingerprint density at radius 1 is 1.09 bits per heavy atom. The van der Waals surface area contributed by atoms with E-state index in [4.69, 9.17) is 10.5 Å². The fraction of sp³-hybridized carbons (Fsp3) is 0.125. The molecule has 2 rings (SSSR count). The Morgan fingerprint density at radius 3 is 2.45 bits per heavy atom. The van der Waals surface area contributed by atoms with Crippen molar-refractivity contribution < 1.29 is 14.3 Å². The molecular formula is C16H17N3O3. The summed E-state index contributed by atoms with van der Waals surface area (Å²) in [5, 5.41) is 5.17. The summed E-state index contributed by atoms with van der Waals surface area (Å²) in [6.07, 6.45) is 0. The first-order valence-corrected chi connectivity index (χ1v) is 6.66. The van der Waals surface area contributed by atoms with Gasteiger partial charge in [0.05, 0.1) is 7.11 Å². The number of nitrogens with two attached hydrogens (primary N) is 1. The van der Waals surface area contributed by atoms with Crippen molar-refractivity contribution in [3.8, 4) is 5.75 Å². The third kappa shape index (κ3) is 3.99. The van der Waals surface area contributed by atoms with Gasteiger partial charge in [-0.3, -0.25) is 10.1 Å². The smallest absolute Gasteiger partial charge is 0.318 e. The zero-order valence-electron chi connectivity index (χ0n) is 12.1. The molecule has 0 saturated heterocycles. The lowest BCUT2D eigenvalue weighted by atomic mass is 10.1. The van der Waals surface area contributed by atoms with Gasteiger partial charge in [0.2, 0.25) is 0 Å². The van der Waals surface area contributed by atoms with Crippen LogP contribution >= 0.6 is 0 Å². The molecule has 0 aliphatic heterocycles.